The van der Waals surface area contributed by atoms with E-state index in [0.717, 1.165) is 11.1 Å². The number of aliphatic hydroxyl groups is 1. The van der Waals surface area contributed by atoms with Gasteiger partial charge in [-0.2, -0.15) is 5.10 Å². The average Bonchev–Trinajstić information content (AvgIpc) is 3.13. The lowest BCUT2D eigenvalue weighted by Gasteiger charge is -2.12. The minimum absolute atomic E-state index is 0.150. The molecule has 1 heterocycles. The van der Waals surface area contributed by atoms with E-state index < -0.39 is 6.10 Å². The summed E-state index contributed by atoms with van der Waals surface area (Å²) in [5, 5.41) is 17.4. The molecule has 1 aromatic heterocycles. The average molecular weight is 395 g/mol. The number of ether oxygens (including phenoxy) is 2. The smallest absolute Gasteiger partial charge is 0.269 e. The van der Waals surface area contributed by atoms with Gasteiger partial charge in [-0.15, -0.1) is 0 Å². The molecule has 152 valence electrons. The fourth-order valence-electron chi connectivity index (χ4n) is 3.09. The predicted molar refractivity (Wildman–Crippen MR) is 110 cm³/mol. The van der Waals surface area contributed by atoms with Crippen LogP contribution in [0.3, 0.4) is 0 Å². The van der Waals surface area contributed by atoms with E-state index in [1.54, 1.807) is 39.5 Å². The third-order valence-electron chi connectivity index (χ3n) is 4.61. The maximum atomic E-state index is 12.6. The molecule has 7 heteroatoms. The second-order valence-electron chi connectivity index (χ2n) is 6.66. The van der Waals surface area contributed by atoms with Crippen LogP contribution in [0.5, 0.6) is 11.5 Å². The Hall–Kier alpha value is -3.32. The molecular weight excluding hydrogens is 370 g/mol. The summed E-state index contributed by atoms with van der Waals surface area (Å²) in [5.41, 5.74) is 2.72. The van der Waals surface area contributed by atoms with E-state index in [1.165, 1.54) is 4.68 Å². The van der Waals surface area contributed by atoms with Crippen LogP contribution in [0.1, 0.15) is 16.1 Å². The van der Waals surface area contributed by atoms with Crippen molar-refractivity contribution >= 4 is 5.91 Å². The molecule has 0 saturated heterocycles. The quantitative estimate of drug-likeness (QED) is 0.612. The van der Waals surface area contributed by atoms with Crippen LogP contribution < -0.4 is 14.8 Å². The third kappa shape index (κ3) is 4.94. The summed E-state index contributed by atoms with van der Waals surface area (Å²) in [7, 11) is 4.87. The van der Waals surface area contributed by atoms with E-state index in [-0.39, 0.29) is 12.5 Å². The van der Waals surface area contributed by atoms with E-state index in [0.29, 0.717) is 29.3 Å². The minimum atomic E-state index is -0.674. The molecule has 0 radical (unpaired) electrons. The van der Waals surface area contributed by atoms with Crippen LogP contribution in [0.25, 0.3) is 11.3 Å². The summed E-state index contributed by atoms with van der Waals surface area (Å²) in [6.07, 6.45) is -0.203. The van der Waals surface area contributed by atoms with Crippen LogP contribution in [-0.4, -0.2) is 47.7 Å². The number of benzene rings is 2. The van der Waals surface area contributed by atoms with Crippen LogP contribution in [0, 0.1) is 0 Å². The van der Waals surface area contributed by atoms with Gasteiger partial charge in [0, 0.05) is 25.6 Å². The van der Waals surface area contributed by atoms with Crippen LogP contribution in [-0.2, 0) is 13.5 Å². The highest BCUT2D eigenvalue weighted by molar-refractivity contribution is 5.94. The standard InChI is InChI=1S/C22H25N3O4/c1-25-20(22(27)23-14-16(26)11-15-7-5-4-6-8-15)13-19(24-25)18-12-17(28-2)9-10-21(18)29-3/h4-10,12-13,16,26H,11,14H2,1-3H3,(H,23,27)/t16-/m0/s1. The molecular formula is C22H25N3O4. The summed E-state index contributed by atoms with van der Waals surface area (Å²) < 4.78 is 12.2. The van der Waals surface area contributed by atoms with Crippen molar-refractivity contribution in [2.45, 2.75) is 12.5 Å². The number of aliphatic hydroxyl groups excluding tert-OH is 1. The molecule has 0 bridgehead atoms. The molecule has 0 aliphatic carbocycles. The topological polar surface area (TPSA) is 85.6 Å². The Kier molecular flexibility index (Phi) is 6.51. The first-order valence-electron chi connectivity index (χ1n) is 9.28. The number of aromatic nitrogens is 2. The van der Waals surface area contributed by atoms with Gasteiger partial charge in [0.2, 0.25) is 0 Å². The normalized spacial score (nSPS) is 11.7. The lowest BCUT2D eigenvalue weighted by Crippen LogP contribution is -2.34. The molecule has 0 fully saturated rings. The summed E-state index contributed by atoms with van der Waals surface area (Å²) in [6, 6.07) is 16.8. The Morgan fingerprint density at radius 2 is 1.90 bits per heavy atom. The van der Waals surface area contributed by atoms with E-state index in [2.05, 4.69) is 10.4 Å². The molecule has 0 spiro atoms. The van der Waals surface area contributed by atoms with E-state index in [4.69, 9.17) is 9.47 Å². The van der Waals surface area contributed by atoms with E-state index in [1.807, 2.05) is 36.4 Å². The second kappa shape index (κ2) is 9.25. The SMILES string of the molecule is COc1ccc(OC)c(-c2cc(C(=O)NC[C@@H](O)Cc3ccccc3)n(C)n2)c1. The van der Waals surface area contributed by atoms with Gasteiger partial charge in [-0.05, 0) is 29.8 Å². The zero-order valence-corrected chi connectivity index (χ0v) is 16.8. The number of amides is 1. The van der Waals surface area contributed by atoms with Crippen molar-refractivity contribution in [1.82, 2.24) is 15.1 Å². The van der Waals surface area contributed by atoms with Crippen molar-refractivity contribution in [2.24, 2.45) is 7.05 Å². The third-order valence-corrected chi connectivity index (χ3v) is 4.61. The number of nitrogens with one attached hydrogen (secondary N) is 1. The molecule has 1 atom stereocenters. The maximum Gasteiger partial charge on any atom is 0.269 e. The predicted octanol–water partition coefficient (Wildman–Crippen LogP) is 2.44. The molecule has 1 amide bonds. The molecule has 7 nitrogen and oxygen atoms in total. The van der Waals surface area contributed by atoms with Gasteiger partial charge in [0.25, 0.3) is 5.91 Å². The van der Waals surface area contributed by atoms with E-state index in [9.17, 15) is 9.90 Å². The first kappa shape index (κ1) is 20.4. The first-order valence-corrected chi connectivity index (χ1v) is 9.28. The highest BCUT2D eigenvalue weighted by Crippen LogP contribution is 2.32. The maximum absolute atomic E-state index is 12.6. The van der Waals surface area contributed by atoms with Gasteiger partial charge >= 0.3 is 0 Å². The number of rotatable bonds is 8. The monoisotopic (exact) mass is 395 g/mol. The van der Waals surface area contributed by atoms with Gasteiger partial charge < -0.3 is 19.9 Å². The zero-order valence-electron chi connectivity index (χ0n) is 16.8. The van der Waals surface area contributed by atoms with Crippen LogP contribution in [0.2, 0.25) is 0 Å². The fourth-order valence-corrected chi connectivity index (χ4v) is 3.09. The van der Waals surface area contributed by atoms with Gasteiger partial charge in [0.15, 0.2) is 0 Å². The summed E-state index contributed by atoms with van der Waals surface area (Å²) in [5.74, 6) is 0.996. The van der Waals surface area contributed by atoms with Gasteiger partial charge in [-0.25, -0.2) is 0 Å². The van der Waals surface area contributed by atoms with Crippen molar-refractivity contribution in [3.63, 3.8) is 0 Å². The van der Waals surface area contributed by atoms with Crippen LogP contribution in [0.15, 0.2) is 54.6 Å². The van der Waals surface area contributed by atoms with Gasteiger partial charge in [-0.1, -0.05) is 30.3 Å². The molecule has 29 heavy (non-hydrogen) atoms. The van der Waals surface area contributed by atoms with Crippen molar-refractivity contribution in [3.8, 4) is 22.8 Å². The van der Waals surface area contributed by atoms with Crippen molar-refractivity contribution in [1.29, 1.82) is 0 Å². The Balaban J connectivity index is 1.71. The van der Waals surface area contributed by atoms with Crippen LogP contribution in [0.4, 0.5) is 0 Å². The second-order valence-corrected chi connectivity index (χ2v) is 6.66. The lowest BCUT2D eigenvalue weighted by atomic mass is 10.1. The number of nitrogens with zero attached hydrogens (tertiary/aromatic N) is 2. The largest absolute Gasteiger partial charge is 0.497 e. The Labute approximate surface area is 169 Å². The number of carbonyl (C=O) groups is 1. The molecule has 2 N–H and O–H groups in total. The van der Waals surface area contributed by atoms with E-state index >= 15 is 0 Å². The number of carbonyl (C=O) groups excluding carboxylic acids is 1. The number of hydrogen-bond donors (Lipinski definition) is 2. The summed E-state index contributed by atoms with van der Waals surface area (Å²) in [6.45, 7) is 0.150. The first-order chi connectivity index (χ1) is 14.0. The van der Waals surface area contributed by atoms with Gasteiger partial charge in [0.1, 0.15) is 17.2 Å². The van der Waals surface area contributed by atoms with Gasteiger partial charge in [0.05, 0.1) is 26.0 Å². The van der Waals surface area contributed by atoms with Crippen LogP contribution >= 0.6 is 0 Å². The van der Waals surface area contributed by atoms with Crippen molar-refractivity contribution in [3.05, 3.63) is 65.9 Å². The highest BCUT2D eigenvalue weighted by Gasteiger charge is 2.18. The van der Waals surface area contributed by atoms with Gasteiger partial charge in [-0.3, -0.25) is 9.48 Å². The number of aryl methyl sites for hydroxylation is 1. The highest BCUT2D eigenvalue weighted by atomic mass is 16.5. The Bertz CT molecular complexity index is 969. The Morgan fingerprint density at radius 3 is 2.59 bits per heavy atom. The minimum Gasteiger partial charge on any atom is -0.497 e. The molecule has 0 aliphatic heterocycles. The molecule has 0 saturated carbocycles. The molecule has 3 aromatic rings. The molecule has 3 rings (SSSR count). The zero-order chi connectivity index (χ0) is 20.8. The molecule has 0 unspecified atom stereocenters. The Morgan fingerprint density at radius 1 is 1.14 bits per heavy atom. The molecule has 0 aliphatic rings. The summed E-state index contributed by atoms with van der Waals surface area (Å²) in [4.78, 5) is 12.6. The number of methoxy groups -OCH3 is 2. The van der Waals surface area contributed by atoms with Crippen molar-refractivity contribution < 1.29 is 19.4 Å². The van der Waals surface area contributed by atoms with Crippen molar-refractivity contribution in [2.75, 3.05) is 20.8 Å². The number of hydrogen-bond acceptors (Lipinski definition) is 5. The summed E-state index contributed by atoms with van der Waals surface area (Å²) >= 11 is 0. The fraction of sp³-hybridized carbons (Fsp3) is 0.273. The lowest BCUT2D eigenvalue weighted by molar-refractivity contribution is 0.0906. The molecule has 2 aromatic carbocycles.